The second-order valence-electron chi connectivity index (χ2n) is 7.62. The first kappa shape index (κ1) is 19.4. The molecule has 4 rings (SSSR count). The average Bonchev–Trinajstić information content (AvgIpc) is 2.66. The van der Waals surface area contributed by atoms with E-state index < -0.39 is 21.5 Å². The largest absolute Gasteiger partial charge is 0.324 e. The highest BCUT2D eigenvalue weighted by atomic mass is 32.2. The number of rotatable bonds is 3. The van der Waals surface area contributed by atoms with Gasteiger partial charge in [0.05, 0.1) is 18.4 Å². The minimum atomic E-state index is -3.40. The van der Waals surface area contributed by atoms with Crippen LogP contribution in [0.2, 0.25) is 0 Å². The van der Waals surface area contributed by atoms with E-state index >= 15 is 0 Å². The molecule has 0 bridgehead atoms. The molecule has 1 atom stereocenters. The Morgan fingerprint density at radius 2 is 2.07 bits per heavy atom. The molecule has 8 nitrogen and oxygen atoms in total. The van der Waals surface area contributed by atoms with Gasteiger partial charge >= 0.3 is 0 Å². The van der Waals surface area contributed by atoms with Crippen LogP contribution >= 0.6 is 0 Å². The van der Waals surface area contributed by atoms with Gasteiger partial charge in [0, 0.05) is 18.4 Å². The van der Waals surface area contributed by atoms with Crippen molar-refractivity contribution < 1.29 is 18.0 Å². The number of nitrogens with one attached hydrogen (secondary N) is 1. The topological polar surface area (TPSA) is 99.2 Å². The normalized spacial score (nSPS) is 23.4. The molecule has 2 amide bonds. The number of aryl methyl sites for hydroxylation is 1. The summed E-state index contributed by atoms with van der Waals surface area (Å²) in [6.45, 7) is 2.04. The fourth-order valence-electron chi connectivity index (χ4n) is 3.77. The van der Waals surface area contributed by atoms with E-state index in [0.29, 0.717) is 23.8 Å². The van der Waals surface area contributed by atoms with Gasteiger partial charge in [0.15, 0.2) is 0 Å². The summed E-state index contributed by atoms with van der Waals surface area (Å²) in [7, 11) is -3.40. The summed E-state index contributed by atoms with van der Waals surface area (Å²) in [6.07, 6.45) is 9.47. The minimum absolute atomic E-state index is 0.0546. The summed E-state index contributed by atoms with van der Waals surface area (Å²) in [5.41, 5.74) is 0.734. The molecule has 3 heterocycles. The second-order valence-corrected chi connectivity index (χ2v) is 9.53. The van der Waals surface area contributed by atoms with Crippen molar-refractivity contribution in [2.24, 2.45) is 4.99 Å². The molecule has 1 aromatic rings. The third kappa shape index (κ3) is 3.57. The Morgan fingerprint density at radius 1 is 1.28 bits per heavy atom. The Hall–Kier alpha value is -2.94. The van der Waals surface area contributed by atoms with Crippen molar-refractivity contribution in [3.63, 3.8) is 0 Å². The van der Waals surface area contributed by atoms with E-state index in [2.05, 4.69) is 10.3 Å². The number of carbonyl (C=O) groups is 2. The number of amidine groups is 1. The fraction of sp³-hybridized carbons (Fsp3) is 0.350. The second kappa shape index (κ2) is 6.84. The standard InChI is InChI=1S/C20H22N4O4S/c1-20(13-18(25)23-10-4-3-7-17(23)22-20)19(26)21-15-9-8-14-6-5-11-24(16(14)12-15)29(2,27)28/h3-4,7-10,12H,5-6,11,13H2,1-2H3,(H,21,26)/t20-/m0/s1. The van der Waals surface area contributed by atoms with E-state index in [1.165, 1.54) is 15.5 Å². The van der Waals surface area contributed by atoms with Gasteiger partial charge in [0.1, 0.15) is 11.4 Å². The number of benzene rings is 1. The Kier molecular flexibility index (Phi) is 4.57. The molecular weight excluding hydrogens is 392 g/mol. The van der Waals surface area contributed by atoms with Crippen LogP contribution in [0.1, 0.15) is 25.3 Å². The molecule has 1 N–H and O–H groups in total. The van der Waals surface area contributed by atoms with Crippen molar-refractivity contribution in [3.8, 4) is 0 Å². The Bertz CT molecular complexity index is 1090. The summed E-state index contributed by atoms with van der Waals surface area (Å²) >= 11 is 0. The van der Waals surface area contributed by atoms with Crippen LogP contribution in [0.25, 0.3) is 0 Å². The first-order valence-electron chi connectivity index (χ1n) is 9.36. The lowest BCUT2D eigenvalue weighted by atomic mass is 9.93. The maximum atomic E-state index is 13.0. The molecule has 0 unspecified atom stereocenters. The summed E-state index contributed by atoms with van der Waals surface area (Å²) in [5.74, 6) is -0.195. The van der Waals surface area contributed by atoms with Gasteiger partial charge in [0.2, 0.25) is 15.9 Å². The lowest BCUT2D eigenvalue weighted by molar-refractivity contribution is -0.132. The highest BCUT2D eigenvalue weighted by molar-refractivity contribution is 7.92. The number of anilines is 2. The Balaban J connectivity index is 1.62. The number of aliphatic imine (C=N–C) groups is 1. The van der Waals surface area contributed by atoms with Crippen LogP contribution in [0.15, 0.2) is 47.6 Å². The van der Waals surface area contributed by atoms with Crippen LogP contribution < -0.4 is 9.62 Å². The van der Waals surface area contributed by atoms with Crippen LogP contribution in [0.3, 0.4) is 0 Å². The van der Waals surface area contributed by atoms with Crippen molar-refractivity contribution in [2.45, 2.75) is 31.7 Å². The molecule has 0 aliphatic carbocycles. The zero-order valence-electron chi connectivity index (χ0n) is 16.3. The molecule has 0 saturated heterocycles. The molecule has 0 radical (unpaired) electrons. The third-order valence-electron chi connectivity index (χ3n) is 5.27. The van der Waals surface area contributed by atoms with E-state index in [-0.39, 0.29) is 12.3 Å². The predicted octanol–water partition coefficient (Wildman–Crippen LogP) is 1.81. The van der Waals surface area contributed by atoms with Crippen LogP contribution in [-0.2, 0) is 26.0 Å². The van der Waals surface area contributed by atoms with E-state index in [1.807, 2.05) is 6.07 Å². The number of hydrogen-bond donors (Lipinski definition) is 1. The monoisotopic (exact) mass is 414 g/mol. The number of amides is 2. The van der Waals surface area contributed by atoms with E-state index in [4.69, 9.17) is 0 Å². The molecule has 0 saturated carbocycles. The van der Waals surface area contributed by atoms with Gasteiger partial charge in [-0.2, -0.15) is 0 Å². The lowest BCUT2D eigenvalue weighted by Gasteiger charge is -2.34. The third-order valence-corrected chi connectivity index (χ3v) is 6.45. The number of nitrogens with zero attached hydrogens (tertiary/aromatic N) is 3. The SMILES string of the molecule is C[C@@]1(C(=O)Nc2ccc3c(c2)N(S(C)(=O)=O)CCC3)CC(=O)N2C=CC=CC2=N1. The molecule has 3 aliphatic rings. The minimum Gasteiger partial charge on any atom is -0.324 e. The summed E-state index contributed by atoms with van der Waals surface area (Å²) in [5, 5.41) is 2.81. The quantitative estimate of drug-likeness (QED) is 0.815. The smallest absolute Gasteiger partial charge is 0.252 e. The summed E-state index contributed by atoms with van der Waals surface area (Å²) in [6, 6.07) is 5.25. The molecule has 1 aromatic carbocycles. The van der Waals surface area contributed by atoms with Crippen LogP contribution in [0.5, 0.6) is 0 Å². The number of sulfonamides is 1. The molecule has 0 fully saturated rings. The zero-order chi connectivity index (χ0) is 20.8. The average molecular weight is 414 g/mol. The molecule has 9 heteroatoms. The number of allylic oxidation sites excluding steroid dienone is 2. The van der Waals surface area contributed by atoms with Crippen LogP contribution in [0.4, 0.5) is 11.4 Å². The van der Waals surface area contributed by atoms with Crippen molar-refractivity contribution in [3.05, 3.63) is 48.2 Å². The predicted molar refractivity (Wildman–Crippen MR) is 111 cm³/mol. The van der Waals surface area contributed by atoms with E-state index in [0.717, 1.165) is 18.4 Å². The molecule has 152 valence electrons. The fourth-order valence-corrected chi connectivity index (χ4v) is 4.76. The first-order chi connectivity index (χ1) is 13.7. The number of fused-ring (bicyclic) bond motifs is 2. The molecule has 0 spiro atoms. The van der Waals surface area contributed by atoms with Crippen LogP contribution in [0, 0.1) is 0 Å². The maximum Gasteiger partial charge on any atom is 0.252 e. The van der Waals surface area contributed by atoms with Crippen molar-refractivity contribution in [1.29, 1.82) is 0 Å². The summed E-state index contributed by atoms with van der Waals surface area (Å²) in [4.78, 5) is 31.4. The number of carbonyl (C=O) groups excluding carboxylic acids is 2. The van der Waals surface area contributed by atoms with Crippen LogP contribution in [-0.4, -0.2) is 49.3 Å². The Labute approximate surface area is 169 Å². The number of hydrogen-bond acceptors (Lipinski definition) is 5. The van der Waals surface area contributed by atoms with Crippen molar-refractivity contribution in [1.82, 2.24) is 4.90 Å². The highest BCUT2D eigenvalue weighted by Crippen LogP contribution is 2.33. The lowest BCUT2D eigenvalue weighted by Crippen LogP contribution is -2.50. The molecule has 0 aromatic heterocycles. The van der Waals surface area contributed by atoms with Gasteiger partial charge in [-0.05, 0) is 49.6 Å². The molecule has 29 heavy (non-hydrogen) atoms. The molecule has 3 aliphatic heterocycles. The molecular formula is C20H22N4O4S. The van der Waals surface area contributed by atoms with Gasteiger partial charge in [-0.3, -0.25) is 23.8 Å². The van der Waals surface area contributed by atoms with Crippen molar-refractivity contribution in [2.75, 3.05) is 22.4 Å². The Morgan fingerprint density at radius 3 is 2.83 bits per heavy atom. The van der Waals surface area contributed by atoms with Gasteiger partial charge in [-0.1, -0.05) is 12.1 Å². The first-order valence-corrected chi connectivity index (χ1v) is 11.2. The van der Waals surface area contributed by atoms with Crippen molar-refractivity contribution >= 4 is 39.0 Å². The van der Waals surface area contributed by atoms with Gasteiger partial charge in [-0.25, -0.2) is 8.42 Å². The van der Waals surface area contributed by atoms with E-state index in [9.17, 15) is 18.0 Å². The van der Waals surface area contributed by atoms with Gasteiger partial charge in [-0.15, -0.1) is 0 Å². The van der Waals surface area contributed by atoms with E-state index in [1.54, 1.807) is 43.5 Å². The van der Waals surface area contributed by atoms with Gasteiger partial charge < -0.3 is 5.32 Å². The highest BCUT2D eigenvalue weighted by Gasteiger charge is 2.42. The maximum absolute atomic E-state index is 13.0. The zero-order valence-corrected chi connectivity index (χ0v) is 17.1. The summed E-state index contributed by atoms with van der Waals surface area (Å²) < 4.78 is 25.6. The van der Waals surface area contributed by atoms with Gasteiger partial charge in [0.25, 0.3) is 5.91 Å².